The number of aromatic nitrogens is 1. The van der Waals surface area contributed by atoms with E-state index < -0.39 is 55.9 Å². The molecule has 12 nitrogen and oxygen atoms in total. The van der Waals surface area contributed by atoms with Gasteiger partial charge in [0.25, 0.3) is 0 Å². The Labute approximate surface area is 256 Å². The first-order chi connectivity index (χ1) is 21.2. The van der Waals surface area contributed by atoms with Crippen molar-refractivity contribution in [3.63, 3.8) is 0 Å². The van der Waals surface area contributed by atoms with Gasteiger partial charge in [-0.25, -0.2) is 0 Å². The highest BCUT2D eigenvalue weighted by atomic mass is 32.2. The molecule has 0 saturated heterocycles. The van der Waals surface area contributed by atoms with Gasteiger partial charge >= 0.3 is 22.8 Å². The topological polar surface area (TPSA) is 164 Å². The summed E-state index contributed by atoms with van der Waals surface area (Å²) in [5, 5.41) is 25.9. The molecule has 4 rings (SSSR count). The Kier molecular flexibility index (Phi) is 10.2. The van der Waals surface area contributed by atoms with Gasteiger partial charge in [0.05, 0.1) is 33.6 Å². The Balaban J connectivity index is 1.89. The van der Waals surface area contributed by atoms with E-state index in [0.29, 0.717) is 0 Å². The number of esters is 1. The van der Waals surface area contributed by atoms with E-state index in [2.05, 4.69) is 5.32 Å². The zero-order chi connectivity index (χ0) is 31.7. The number of carbonyl (C=O) groups is 2. The Morgan fingerprint density at radius 3 is 1.66 bits per heavy atom. The van der Waals surface area contributed by atoms with E-state index >= 15 is 0 Å². The highest BCUT2D eigenvalue weighted by Crippen LogP contribution is 2.49. The Morgan fingerprint density at radius 1 is 0.841 bits per heavy atom. The number of pyridine rings is 1. The number of nitrogens with zero attached hydrogens (tertiary/aromatic N) is 3. The van der Waals surface area contributed by atoms with Crippen LogP contribution >= 0.6 is 11.8 Å². The average Bonchev–Trinajstić information content (AvgIpc) is 3.03. The van der Waals surface area contributed by atoms with E-state index in [1.807, 2.05) is 91.0 Å². The number of rotatable bonds is 13. The molecule has 226 valence electrons. The molecule has 0 fully saturated rings. The first kappa shape index (κ1) is 31.6. The molecule has 0 spiro atoms. The van der Waals surface area contributed by atoms with Crippen molar-refractivity contribution in [1.82, 2.24) is 9.88 Å². The first-order valence-electron chi connectivity index (χ1n) is 13.5. The van der Waals surface area contributed by atoms with Crippen molar-refractivity contribution in [3.8, 4) is 0 Å². The molecule has 0 saturated carbocycles. The molecule has 4 aromatic rings. The van der Waals surface area contributed by atoms with Gasteiger partial charge in [0.15, 0.2) is 0 Å². The van der Waals surface area contributed by atoms with Crippen LogP contribution in [-0.4, -0.2) is 45.2 Å². The van der Waals surface area contributed by atoms with Crippen LogP contribution < -0.4 is 10.7 Å². The van der Waals surface area contributed by atoms with Crippen LogP contribution in [0.25, 0.3) is 0 Å². The van der Waals surface area contributed by atoms with Gasteiger partial charge in [-0.05, 0) is 23.6 Å². The van der Waals surface area contributed by atoms with Crippen molar-refractivity contribution in [1.29, 1.82) is 0 Å². The van der Waals surface area contributed by atoms with Crippen LogP contribution in [-0.2, 0) is 19.1 Å². The number of ether oxygens (including phenoxy) is 1. The second-order valence-electron chi connectivity index (χ2n) is 9.45. The molecule has 0 radical (unpaired) electrons. The lowest BCUT2D eigenvalue weighted by atomic mass is 9.84. The predicted molar refractivity (Wildman–Crippen MR) is 164 cm³/mol. The smallest absolute Gasteiger partial charge is 0.339 e. The SMILES string of the molecule is CCOC(=O)CNC(=O)[C@H](CSC(c1ccccc1)(c1ccccc1)c1ccccc1)n1cc([N+](=O)[O-])c(=O)c([N+](=O)[O-])c1. The summed E-state index contributed by atoms with van der Waals surface area (Å²) in [6.45, 7) is 1.19. The normalized spacial score (nSPS) is 11.8. The summed E-state index contributed by atoms with van der Waals surface area (Å²) >= 11 is 1.32. The summed E-state index contributed by atoms with van der Waals surface area (Å²) in [6.07, 6.45) is 1.61. The molecule has 44 heavy (non-hydrogen) atoms. The highest BCUT2D eigenvalue weighted by molar-refractivity contribution is 8.00. The fourth-order valence-electron chi connectivity index (χ4n) is 4.77. The van der Waals surface area contributed by atoms with E-state index in [1.54, 1.807) is 6.92 Å². The van der Waals surface area contributed by atoms with Crippen LogP contribution in [0, 0.1) is 20.2 Å². The van der Waals surface area contributed by atoms with Crippen molar-refractivity contribution >= 4 is 35.0 Å². The van der Waals surface area contributed by atoms with E-state index in [4.69, 9.17) is 4.74 Å². The van der Waals surface area contributed by atoms with Gasteiger partial charge in [0.1, 0.15) is 12.6 Å². The largest absolute Gasteiger partial charge is 0.465 e. The summed E-state index contributed by atoms with van der Waals surface area (Å²) in [7, 11) is 0. The number of carbonyl (C=O) groups excluding carboxylic acids is 2. The average molecular weight is 617 g/mol. The summed E-state index contributed by atoms with van der Waals surface area (Å²) in [6, 6.07) is 27.2. The summed E-state index contributed by atoms with van der Waals surface area (Å²) in [5.41, 5.74) is -0.915. The number of thioether (sulfide) groups is 1. The minimum Gasteiger partial charge on any atom is -0.465 e. The molecular weight excluding hydrogens is 588 g/mol. The van der Waals surface area contributed by atoms with Crippen molar-refractivity contribution in [2.45, 2.75) is 17.7 Å². The zero-order valence-electron chi connectivity index (χ0n) is 23.5. The number of benzene rings is 3. The highest BCUT2D eigenvalue weighted by Gasteiger charge is 2.39. The standard InChI is InChI=1S/C31H28N4O8S/c1-2-43-28(36)18-32-30(38)27(33-19-25(34(39)40)29(37)26(20-33)35(41)42)21-44-31(22-12-6-3-7-13-22,23-14-8-4-9-15-23)24-16-10-5-11-17-24/h3-17,19-20,27H,2,18,21H2,1H3,(H,32,38)/t27-/m0/s1. The molecule has 0 unspecified atom stereocenters. The maximum absolute atomic E-state index is 13.7. The molecule has 0 aliphatic rings. The second-order valence-corrected chi connectivity index (χ2v) is 10.7. The van der Waals surface area contributed by atoms with Crippen molar-refractivity contribution in [2.75, 3.05) is 18.9 Å². The molecule has 0 bridgehead atoms. The van der Waals surface area contributed by atoms with Gasteiger partial charge in [0, 0.05) is 5.75 Å². The Morgan fingerprint density at radius 2 is 1.27 bits per heavy atom. The second kappa shape index (κ2) is 14.2. The third kappa shape index (κ3) is 6.84. The fourth-order valence-corrected chi connectivity index (χ4v) is 6.41. The van der Waals surface area contributed by atoms with E-state index in [9.17, 15) is 34.6 Å². The van der Waals surface area contributed by atoms with Crippen LogP contribution in [0.1, 0.15) is 29.7 Å². The van der Waals surface area contributed by atoms with Crippen molar-refractivity contribution < 1.29 is 24.2 Å². The third-order valence-corrected chi connectivity index (χ3v) is 8.40. The van der Waals surface area contributed by atoms with Crippen LogP contribution in [0.5, 0.6) is 0 Å². The lowest BCUT2D eigenvalue weighted by Crippen LogP contribution is -2.39. The number of nitro groups is 2. The summed E-state index contributed by atoms with van der Waals surface area (Å²) in [4.78, 5) is 59.5. The van der Waals surface area contributed by atoms with Crippen molar-refractivity contribution in [2.24, 2.45) is 0 Å². The predicted octanol–water partition coefficient (Wildman–Crippen LogP) is 4.61. The molecule has 1 aromatic heterocycles. The lowest BCUT2D eigenvalue weighted by molar-refractivity contribution is -0.397. The number of nitrogens with one attached hydrogen (secondary N) is 1. The quantitative estimate of drug-likeness (QED) is 0.0978. The maximum atomic E-state index is 13.7. The molecular formula is C31H28N4O8S. The zero-order valence-corrected chi connectivity index (χ0v) is 24.3. The van der Waals surface area contributed by atoms with Gasteiger partial charge in [-0.15, -0.1) is 11.8 Å². The van der Waals surface area contributed by atoms with Crippen LogP contribution in [0.15, 0.2) is 108 Å². The third-order valence-electron chi connectivity index (χ3n) is 6.77. The first-order valence-corrected chi connectivity index (χ1v) is 14.5. The Bertz CT molecular complexity index is 1560. The minimum absolute atomic E-state index is 0.0832. The maximum Gasteiger partial charge on any atom is 0.339 e. The molecule has 1 heterocycles. The lowest BCUT2D eigenvalue weighted by Gasteiger charge is -2.36. The fraction of sp³-hybridized carbons (Fsp3) is 0.194. The van der Waals surface area contributed by atoms with E-state index in [-0.39, 0.29) is 12.4 Å². The molecule has 3 aromatic carbocycles. The molecule has 13 heteroatoms. The number of hydrogen-bond acceptors (Lipinski definition) is 9. The van der Waals surface area contributed by atoms with Gasteiger partial charge in [-0.3, -0.25) is 34.6 Å². The molecule has 0 aliphatic carbocycles. The van der Waals surface area contributed by atoms with Crippen molar-refractivity contribution in [3.05, 3.63) is 151 Å². The van der Waals surface area contributed by atoms with Gasteiger partial charge in [-0.1, -0.05) is 91.0 Å². The summed E-state index contributed by atoms with van der Waals surface area (Å²) in [5.74, 6) is -1.57. The van der Waals surface area contributed by atoms with Crippen LogP contribution in [0.2, 0.25) is 0 Å². The monoisotopic (exact) mass is 616 g/mol. The number of amides is 1. The van der Waals surface area contributed by atoms with Gasteiger partial charge in [-0.2, -0.15) is 0 Å². The van der Waals surface area contributed by atoms with Crippen LogP contribution in [0.4, 0.5) is 11.4 Å². The minimum atomic E-state index is -1.39. The molecule has 1 amide bonds. The van der Waals surface area contributed by atoms with Gasteiger partial charge < -0.3 is 14.6 Å². The molecule has 1 atom stereocenters. The molecule has 0 aliphatic heterocycles. The van der Waals surface area contributed by atoms with Crippen LogP contribution in [0.3, 0.4) is 0 Å². The Hall–Kier alpha value is -5.30. The van der Waals surface area contributed by atoms with E-state index in [0.717, 1.165) is 33.7 Å². The summed E-state index contributed by atoms with van der Waals surface area (Å²) < 4.78 is 4.96. The van der Waals surface area contributed by atoms with Gasteiger partial charge in [0.2, 0.25) is 5.91 Å². The molecule has 1 N–H and O–H groups in total. The van der Waals surface area contributed by atoms with E-state index in [1.165, 1.54) is 11.8 Å². The number of hydrogen-bond donors (Lipinski definition) is 1.